The van der Waals surface area contributed by atoms with Crippen LogP contribution in [0.1, 0.15) is 38.7 Å². The molecule has 0 saturated carbocycles. The largest absolute Gasteiger partial charge is 0.465 e. The van der Waals surface area contributed by atoms with Gasteiger partial charge < -0.3 is 14.5 Å². The van der Waals surface area contributed by atoms with Crippen LogP contribution in [-0.2, 0) is 25.7 Å². The molecule has 1 aliphatic heterocycles. The minimum absolute atomic E-state index is 0.0697. The van der Waals surface area contributed by atoms with Gasteiger partial charge in [-0.3, -0.25) is 14.4 Å². The first-order chi connectivity index (χ1) is 12.5. The van der Waals surface area contributed by atoms with Crippen LogP contribution in [0.15, 0.2) is 30.3 Å². The molecule has 1 aromatic carbocycles. The Morgan fingerprint density at radius 2 is 1.92 bits per heavy atom. The van der Waals surface area contributed by atoms with Crippen molar-refractivity contribution in [1.29, 1.82) is 0 Å². The van der Waals surface area contributed by atoms with Crippen LogP contribution >= 0.6 is 0 Å². The van der Waals surface area contributed by atoms with Gasteiger partial charge in [0.1, 0.15) is 6.54 Å². The van der Waals surface area contributed by atoms with Gasteiger partial charge in [-0.2, -0.15) is 0 Å². The number of benzene rings is 1. The summed E-state index contributed by atoms with van der Waals surface area (Å²) in [6.07, 6.45) is 1.98. The third-order valence-corrected chi connectivity index (χ3v) is 4.58. The van der Waals surface area contributed by atoms with Crippen molar-refractivity contribution in [3.63, 3.8) is 0 Å². The Hall–Kier alpha value is -2.37. The number of piperidine rings is 1. The summed E-state index contributed by atoms with van der Waals surface area (Å²) in [5.41, 5.74) is 0.961. The van der Waals surface area contributed by atoms with Crippen molar-refractivity contribution in [3.8, 4) is 0 Å². The van der Waals surface area contributed by atoms with Crippen LogP contribution in [0.3, 0.4) is 0 Å². The number of hydrogen-bond donors (Lipinski definition) is 0. The van der Waals surface area contributed by atoms with E-state index in [1.807, 2.05) is 37.3 Å². The van der Waals surface area contributed by atoms with Gasteiger partial charge in [0, 0.05) is 26.1 Å². The summed E-state index contributed by atoms with van der Waals surface area (Å²) in [5.74, 6) is -0.690. The van der Waals surface area contributed by atoms with Crippen LogP contribution in [0.25, 0.3) is 0 Å². The second kappa shape index (κ2) is 9.94. The molecule has 0 aromatic heterocycles. The van der Waals surface area contributed by atoms with E-state index in [4.69, 9.17) is 4.74 Å². The molecule has 1 unspecified atom stereocenters. The molecule has 0 bridgehead atoms. The van der Waals surface area contributed by atoms with E-state index in [0.29, 0.717) is 26.1 Å². The predicted molar refractivity (Wildman–Crippen MR) is 98.1 cm³/mol. The van der Waals surface area contributed by atoms with Crippen molar-refractivity contribution < 1.29 is 19.1 Å². The predicted octanol–water partition coefficient (Wildman–Crippen LogP) is 2.23. The second-order valence-corrected chi connectivity index (χ2v) is 6.52. The summed E-state index contributed by atoms with van der Waals surface area (Å²) < 4.78 is 5.03. The lowest BCUT2D eigenvalue weighted by Crippen LogP contribution is -2.47. The normalized spacial score (nSPS) is 16.8. The molecule has 1 aromatic rings. The van der Waals surface area contributed by atoms with E-state index in [0.717, 1.165) is 18.4 Å². The standard InChI is InChI=1S/C20H28N2O4/c1-3-18(23)21-12-8-11-17(14-21)20(25)22(15-19(24)26-4-2)13-16-9-6-5-7-10-16/h5-7,9-10,17H,3-4,8,11-15H2,1-2H3. The fourth-order valence-corrected chi connectivity index (χ4v) is 3.27. The average Bonchev–Trinajstić information content (AvgIpc) is 2.67. The Morgan fingerprint density at radius 3 is 2.58 bits per heavy atom. The molecule has 142 valence electrons. The van der Waals surface area contributed by atoms with Crippen LogP contribution < -0.4 is 0 Å². The Labute approximate surface area is 155 Å². The van der Waals surface area contributed by atoms with Crippen LogP contribution in [0.2, 0.25) is 0 Å². The average molecular weight is 360 g/mol. The molecule has 1 aliphatic rings. The molecule has 1 fully saturated rings. The highest BCUT2D eigenvalue weighted by Gasteiger charge is 2.31. The van der Waals surface area contributed by atoms with Crippen molar-refractivity contribution in [2.75, 3.05) is 26.2 Å². The number of rotatable bonds is 7. The Morgan fingerprint density at radius 1 is 1.19 bits per heavy atom. The highest BCUT2D eigenvalue weighted by Crippen LogP contribution is 2.21. The van der Waals surface area contributed by atoms with Gasteiger partial charge >= 0.3 is 5.97 Å². The van der Waals surface area contributed by atoms with Gasteiger partial charge in [-0.15, -0.1) is 0 Å². The molecule has 1 saturated heterocycles. The van der Waals surface area contributed by atoms with Gasteiger partial charge in [-0.25, -0.2) is 0 Å². The van der Waals surface area contributed by atoms with E-state index in [1.165, 1.54) is 0 Å². The zero-order valence-corrected chi connectivity index (χ0v) is 15.6. The third kappa shape index (κ3) is 5.58. The van der Waals surface area contributed by atoms with Crippen molar-refractivity contribution >= 4 is 17.8 Å². The smallest absolute Gasteiger partial charge is 0.325 e. The molecule has 2 rings (SSSR count). The number of amides is 2. The highest BCUT2D eigenvalue weighted by atomic mass is 16.5. The number of carbonyl (C=O) groups excluding carboxylic acids is 3. The van der Waals surface area contributed by atoms with Crippen molar-refractivity contribution in [2.45, 2.75) is 39.7 Å². The molecule has 0 spiro atoms. The fraction of sp³-hybridized carbons (Fsp3) is 0.550. The van der Waals surface area contributed by atoms with E-state index >= 15 is 0 Å². The molecule has 0 aliphatic carbocycles. The summed E-state index contributed by atoms with van der Waals surface area (Å²) >= 11 is 0. The Bertz CT molecular complexity index is 617. The number of nitrogens with zero attached hydrogens (tertiary/aromatic N) is 2. The first-order valence-electron chi connectivity index (χ1n) is 9.31. The van der Waals surface area contributed by atoms with Crippen LogP contribution in [0, 0.1) is 5.92 Å². The van der Waals surface area contributed by atoms with E-state index in [-0.39, 0.29) is 30.9 Å². The second-order valence-electron chi connectivity index (χ2n) is 6.52. The summed E-state index contributed by atoms with van der Waals surface area (Å²) in [7, 11) is 0. The zero-order valence-electron chi connectivity index (χ0n) is 15.6. The van der Waals surface area contributed by atoms with Crippen molar-refractivity contribution in [1.82, 2.24) is 9.80 Å². The van der Waals surface area contributed by atoms with Gasteiger partial charge in [0.25, 0.3) is 0 Å². The van der Waals surface area contributed by atoms with E-state index in [1.54, 1.807) is 16.7 Å². The summed E-state index contributed by atoms with van der Waals surface area (Å²) in [6.45, 7) is 5.28. The minimum atomic E-state index is -0.408. The van der Waals surface area contributed by atoms with Gasteiger partial charge in [0.2, 0.25) is 11.8 Å². The van der Waals surface area contributed by atoms with Gasteiger partial charge in [0.05, 0.1) is 12.5 Å². The molecule has 26 heavy (non-hydrogen) atoms. The van der Waals surface area contributed by atoms with Crippen molar-refractivity contribution in [3.05, 3.63) is 35.9 Å². The molecule has 2 amide bonds. The zero-order chi connectivity index (χ0) is 18.9. The minimum Gasteiger partial charge on any atom is -0.465 e. The van der Waals surface area contributed by atoms with Crippen LogP contribution in [-0.4, -0.2) is 53.8 Å². The maximum absolute atomic E-state index is 13.1. The van der Waals surface area contributed by atoms with E-state index < -0.39 is 5.97 Å². The van der Waals surface area contributed by atoms with Gasteiger partial charge in [-0.1, -0.05) is 37.3 Å². The lowest BCUT2D eigenvalue weighted by molar-refractivity contribution is -0.152. The quantitative estimate of drug-likeness (QED) is 0.700. The number of carbonyl (C=O) groups is 3. The number of ether oxygens (including phenoxy) is 1. The Kier molecular flexibility index (Phi) is 7.63. The molecular weight excluding hydrogens is 332 g/mol. The summed E-state index contributed by atoms with van der Waals surface area (Å²) in [4.78, 5) is 40.3. The maximum Gasteiger partial charge on any atom is 0.325 e. The number of hydrogen-bond acceptors (Lipinski definition) is 4. The maximum atomic E-state index is 13.1. The number of esters is 1. The van der Waals surface area contributed by atoms with E-state index in [9.17, 15) is 14.4 Å². The fourth-order valence-electron chi connectivity index (χ4n) is 3.27. The first kappa shape index (κ1) is 19.9. The van der Waals surface area contributed by atoms with Crippen molar-refractivity contribution in [2.24, 2.45) is 5.92 Å². The van der Waals surface area contributed by atoms with Gasteiger partial charge in [-0.05, 0) is 25.3 Å². The van der Waals surface area contributed by atoms with E-state index in [2.05, 4.69) is 0 Å². The highest BCUT2D eigenvalue weighted by molar-refractivity contribution is 5.85. The number of likely N-dealkylation sites (tertiary alicyclic amines) is 1. The lowest BCUT2D eigenvalue weighted by atomic mass is 9.96. The van der Waals surface area contributed by atoms with Crippen LogP contribution in [0.4, 0.5) is 0 Å². The SMILES string of the molecule is CCOC(=O)CN(Cc1ccccc1)C(=O)C1CCCN(C(=O)CC)C1. The topological polar surface area (TPSA) is 66.9 Å². The molecule has 1 atom stereocenters. The molecule has 6 heteroatoms. The summed E-state index contributed by atoms with van der Waals surface area (Å²) in [5, 5.41) is 0. The monoisotopic (exact) mass is 360 g/mol. The molecule has 0 N–H and O–H groups in total. The first-order valence-corrected chi connectivity index (χ1v) is 9.31. The molecule has 6 nitrogen and oxygen atoms in total. The van der Waals surface area contributed by atoms with Crippen LogP contribution in [0.5, 0.6) is 0 Å². The molecule has 0 radical (unpaired) electrons. The Balaban J connectivity index is 2.10. The molecular formula is C20H28N2O4. The third-order valence-electron chi connectivity index (χ3n) is 4.58. The summed E-state index contributed by atoms with van der Waals surface area (Å²) in [6, 6.07) is 9.59. The molecule has 1 heterocycles. The lowest BCUT2D eigenvalue weighted by Gasteiger charge is -2.34. The van der Waals surface area contributed by atoms with Gasteiger partial charge in [0.15, 0.2) is 0 Å².